The van der Waals surface area contributed by atoms with Crippen LogP contribution in [0.4, 0.5) is 13.2 Å². The summed E-state index contributed by atoms with van der Waals surface area (Å²) in [5.74, 6) is 1.79. The van der Waals surface area contributed by atoms with Gasteiger partial charge in [-0.1, -0.05) is 0 Å². The minimum absolute atomic E-state index is 0.0165. The molecule has 1 aromatic heterocycles. The van der Waals surface area contributed by atoms with Gasteiger partial charge in [0.25, 0.3) is 5.56 Å². The van der Waals surface area contributed by atoms with E-state index < -0.39 is 17.3 Å². The quantitative estimate of drug-likeness (QED) is 0.717. The molecular weight excluding hydrogens is 365 g/mol. The molecule has 0 spiro atoms. The molecule has 1 fully saturated rings. The molecule has 9 heteroatoms. The van der Waals surface area contributed by atoms with E-state index in [0.29, 0.717) is 29.4 Å². The van der Waals surface area contributed by atoms with Crippen LogP contribution < -0.4 is 19.8 Å². The van der Waals surface area contributed by atoms with Crippen LogP contribution in [-0.2, 0) is 12.7 Å². The molecule has 27 heavy (non-hydrogen) atoms. The SMILES string of the molecule is O=c1c(C(F)(F)F)cc(C2CC2)nn1CCCOc1ccc2c(c1)OCO2. The number of ether oxygens (including phenoxy) is 3. The van der Waals surface area contributed by atoms with E-state index in [4.69, 9.17) is 14.2 Å². The van der Waals surface area contributed by atoms with Gasteiger partial charge in [-0.05, 0) is 31.0 Å². The number of fused-ring (bicyclic) bond motifs is 1. The Hall–Kier alpha value is -2.71. The molecule has 144 valence electrons. The highest BCUT2D eigenvalue weighted by Gasteiger charge is 2.37. The van der Waals surface area contributed by atoms with Gasteiger partial charge in [-0.15, -0.1) is 0 Å². The summed E-state index contributed by atoms with van der Waals surface area (Å²) < 4.78 is 56.3. The number of aryl methyl sites for hydroxylation is 1. The van der Waals surface area contributed by atoms with Gasteiger partial charge in [0.05, 0.1) is 12.3 Å². The molecule has 0 atom stereocenters. The monoisotopic (exact) mass is 382 g/mol. The first-order valence-electron chi connectivity index (χ1n) is 8.63. The fourth-order valence-electron chi connectivity index (χ4n) is 2.87. The molecule has 0 amide bonds. The van der Waals surface area contributed by atoms with Crippen LogP contribution in [0.5, 0.6) is 17.2 Å². The van der Waals surface area contributed by atoms with E-state index in [2.05, 4.69) is 5.10 Å². The Labute approximate surface area is 152 Å². The van der Waals surface area contributed by atoms with Crippen molar-refractivity contribution in [1.82, 2.24) is 9.78 Å². The van der Waals surface area contributed by atoms with E-state index in [1.54, 1.807) is 18.2 Å². The second-order valence-corrected chi connectivity index (χ2v) is 6.50. The van der Waals surface area contributed by atoms with Gasteiger partial charge < -0.3 is 14.2 Å². The molecule has 0 bridgehead atoms. The average Bonchev–Trinajstić information content (AvgIpc) is 3.36. The molecule has 1 aromatic carbocycles. The van der Waals surface area contributed by atoms with Crippen LogP contribution in [0.2, 0.25) is 0 Å². The third-order valence-electron chi connectivity index (χ3n) is 4.42. The Kier molecular flexibility index (Phi) is 4.45. The van der Waals surface area contributed by atoms with Gasteiger partial charge in [0.1, 0.15) is 11.3 Å². The smallest absolute Gasteiger partial charge is 0.421 e. The topological polar surface area (TPSA) is 62.6 Å². The van der Waals surface area contributed by atoms with Crippen molar-refractivity contribution in [3.63, 3.8) is 0 Å². The Morgan fingerprint density at radius 3 is 2.70 bits per heavy atom. The van der Waals surface area contributed by atoms with Crippen molar-refractivity contribution < 1.29 is 27.4 Å². The lowest BCUT2D eigenvalue weighted by Crippen LogP contribution is -2.32. The van der Waals surface area contributed by atoms with E-state index in [0.717, 1.165) is 23.6 Å². The van der Waals surface area contributed by atoms with Crippen molar-refractivity contribution in [3.8, 4) is 17.2 Å². The van der Waals surface area contributed by atoms with Gasteiger partial charge in [-0.2, -0.15) is 18.3 Å². The maximum atomic E-state index is 13.1. The van der Waals surface area contributed by atoms with Crippen molar-refractivity contribution in [2.24, 2.45) is 0 Å². The predicted octanol–water partition coefficient (Wildman–Crippen LogP) is 3.34. The second kappa shape index (κ2) is 6.79. The summed E-state index contributed by atoms with van der Waals surface area (Å²) in [4.78, 5) is 12.1. The zero-order valence-corrected chi connectivity index (χ0v) is 14.3. The first kappa shape index (κ1) is 17.7. The zero-order valence-electron chi connectivity index (χ0n) is 14.3. The highest BCUT2D eigenvalue weighted by atomic mass is 19.4. The Balaban J connectivity index is 1.42. The van der Waals surface area contributed by atoms with E-state index >= 15 is 0 Å². The Bertz CT molecular complexity index is 906. The van der Waals surface area contributed by atoms with Gasteiger partial charge in [-0.25, -0.2) is 4.68 Å². The van der Waals surface area contributed by atoms with Crippen molar-refractivity contribution in [2.45, 2.75) is 37.9 Å². The summed E-state index contributed by atoms with van der Waals surface area (Å²) in [6, 6.07) is 6.01. The number of halogens is 3. The van der Waals surface area contributed by atoms with Gasteiger partial charge in [-0.3, -0.25) is 4.79 Å². The predicted molar refractivity (Wildman–Crippen MR) is 88.2 cm³/mol. The number of hydrogen-bond donors (Lipinski definition) is 0. The van der Waals surface area contributed by atoms with E-state index in [1.165, 1.54) is 0 Å². The van der Waals surface area contributed by atoms with Crippen LogP contribution in [0.25, 0.3) is 0 Å². The second-order valence-electron chi connectivity index (χ2n) is 6.50. The third-order valence-corrected chi connectivity index (χ3v) is 4.42. The van der Waals surface area contributed by atoms with Crippen LogP contribution in [0, 0.1) is 0 Å². The summed E-state index contributed by atoms with van der Waals surface area (Å²) in [7, 11) is 0. The molecule has 0 unspecified atom stereocenters. The van der Waals surface area contributed by atoms with Crippen LogP contribution >= 0.6 is 0 Å². The van der Waals surface area contributed by atoms with Crippen molar-refractivity contribution >= 4 is 0 Å². The van der Waals surface area contributed by atoms with Gasteiger partial charge in [0.15, 0.2) is 11.5 Å². The Morgan fingerprint density at radius 2 is 1.96 bits per heavy atom. The number of rotatable bonds is 6. The molecule has 1 saturated carbocycles. The zero-order chi connectivity index (χ0) is 19.0. The molecule has 0 saturated heterocycles. The van der Waals surface area contributed by atoms with Crippen molar-refractivity contribution in [3.05, 3.63) is 45.9 Å². The molecule has 6 nitrogen and oxygen atoms in total. The Morgan fingerprint density at radius 1 is 1.19 bits per heavy atom. The molecule has 2 heterocycles. The van der Waals surface area contributed by atoms with Crippen LogP contribution in [0.3, 0.4) is 0 Å². The number of hydrogen-bond acceptors (Lipinski definition) is 5. The van der Waals surface area contributed by atoms with Crippen LogP contribution in [0.1, 0.15) is 36.4 Å². The lowest BCUT2D eigenvalue weighted by molar-refractivity contribution is -0.139. The first-order valence-corrected chi connectivity index (χ1v) is 8.63. The minimum atomic E-state index is -4.69. The molecule has 0 N–H and O–H groups in total. The van der Waals surface area contributed by atoms with E-state index in [-0.39, 0.29) is 25.9 Å². The summed E-state index contributed by atoms with van der Waals surface area (Å²) in [5, 5.41) is 4.11. The third kappa shape index (κ3) is 3.86. The standard InChI is InChI=1S/C18H17F3N2O4/c19-18(20,21)13-9-14(11-2-3-11)22-23(17(13)24)6-1-7-25-12-4-5-15-16(8-12)27-10-26-15/h4-5,8-9,11H,1-3,6-7,10H2. The minimum Gasteiger partial charge on any atom is -0.493 e. The van der Waals surface area contributed by atoms with Crippen molar-refractivity contribution in [1.29, 1.82) is 0 Å². The number of nitrogens with zero attached hydrogens (tertiary/aromatic N) is 2. The number of alkyl halides is 3. The normalized spacial score (nSPS) is 15.8. The molecule has 0 radical (unpaired) electrons. The fraction of sp³-hybridized carbons (Fsp3) is 0.444. The van der Waals surface area contributed by atoms with E-state index in [1.807, 2.05) is 0 Å². The fourth-order valence-corrected chi connectivity index (χ4v) is 2.87. The molecule has 1 aliphatic heterocycles. The van der Waals surface area contributed by atoms with E-state index in [9.17, 15) is 18.0 Å². The number of aromatic nitrogens is 2. The highest BCUT2D eigenvalue weighted by Crippen LogP contribution is 2.40. The lowest BCUT2D eigenvalue weighted by Gasteiger charge is -2.12. The summed E-state index contributed by atoms with van der Waals surface area (Å²) in [6.45, 7) is 0.433. The van der Waals surface area contributed by atoms with Gasteiger partial charge in [0, 0.05) is 24.9 Å². The maximum absolute atomic E-state index is 13.1. The molecule has 4 rings (SSSR count). The lowest BCUT2D eigenvalue weighted by atomic mass is 10.2. The largest absolute Gasteiger partial charge is 0.493 e. The number of benzene rings is 1. The highest BCUT2D eigenvalue weighted by molar-refractivity contribution is 5.46. The summed E-state index contributed by atoms with van der Waals surface area (Å²) >= 11 is 0. The summed E-state index contributed by atoms with van der Waals surface area (Å²) in [5.41, 5.74) is -1.94. The van der Waals surface area contributed by atoms with Crippen molar-refractivity contribution in [2.75, 3.05) is 13.4 Å². The summed E-state index contributed by atoms with van der Waals surface area (Å²) in [6.07, 6.45) is -2.74. The molecular formula is C18H17F3N2O4. The molecule has 2 aliphatic rings. The molecule has 1 aliphatic carbocycles. The van der Waals surface area contributed by atoms with Gasteiger partial charge in [0.2, 0.25) is 6.79 Å². The molecule has 2 aromatic rings. The average molecular weight is 382 g/mol. The van der Waals surface area contributed by atoms with Crippen LogP contribution in [-0.4, -0.2) is 23.2 Å². The van der Waals surface area contributed by atoms with Crippen LogP contribution in [0.15, 0.2) is 29.1 Å². The first-order chi connectivity index (χ1) is 12.9. The maximum Gasteiger partial charge on any atom is 0.421 e. The van der Waals surface area contributed by atoms with Gasteiger partial charge >= 0.3 is 6.18 Å².